The fourth-order valence-electron chi connectivity index (χ4n) is 3.19. The molecule has 6 heteroatoms. The fourth-order valence-corrected chi connectivity index (χ4v) is 3.19. The SMILES string of the molecule is O=C1c2ccnc(-c3ccccc3C(F)F)c2CN1c1ccc(F)cc1. The van der Waals surface area contributed by atoms with Crippen molar-refractivity contribution in [3.05, 3.63) is 83.3 Å². The molecule has 1 aliphatic heterocycles. The van der Waals surface area contributed by atoms with Gasteiger partial charge in [-0.3, -0.25) is 9.78 Å². The Bertz CT molecular complexity index is 987. The summed E-state index contributed by atoms with van der Waals surface area (Å²) in [5, 5.41) is 0. The molecule has 0 N–H and O–H groups in total. The number of nitrogens with zero attached hydrogens (tertiary/aromatic N) is 2. The van der Waals surface area contributed by atoms with Gasteiger partial charge in [0.25, 0.3) is 12.3 Å². The standard InChI is InChI=1S/C20H13F3N2O/c21-12-5-7-13(8-6-12)25-11-17-16(20(25)26)9-10-24-18(17)14-3-1-2-4-15(14)19(22)23/h1-10,19H,11H2. The van der Waals surface area contributed by atoms with Gasteiger partial charge in [-0.25, -0.2) is 13.2 Å². The zero-order chi connectivity index (χ0) is 18.3. The van der Waals surface area contributed by atoms with Gasteiger partial charge in [0, 0.05) is 34.1 Å². The van der Waals surface area contributed by atoms with Crippen LogP contribution in [0.3, 0.4) is 0 Å². The summed E-state index contributed by atoms with van der Waals surface area (Å²) in [7, 11) is 0. The number of rotatable bonds is 3. The minimum Gasteiger partial charge on any atom is -0.304 e. The molecule has 0 atom stereocenters. The molecule has 0 bridgehead atoms. The molecule has 0 spiro atoms. The van der Waals surface area contributed by atoms with Crippen LogP contribution in [0, 0.1) is 5.82 Å². The number of carbonyl (C=O) groups excluding carboxylic acids is 1. The van der Waals surface area contributed by atoms with Gasteiger partial charge in [-0.05, 0) is 30.3 Å². The highest BCUT2D eigenvalue weighted by Gasteiger charge is 2.32. The van der Waals surface area contributed by atoms with Gasteiger partial charge in [0.1, 0.15) is 5.82 Å². The van der Waals surface area contributed by atoms with Crippen LogP contribution in [0.1, 0.15) is 27.9 Å². The van der Waals surface area contributed by atoms with E-state index in [9.17, 15) is 18.0 Å². The fraction of sp³-hybridized carbons (Fsp3) is 0.100. The molecule has 0 unspecified atom stereocenters. The van der Waals surface area contributed by atoms with E-state index < -0.39 is 12.2 Å². The lowest BCUT2D eigenvalue weighted by molar-refractivity contribution is 0.0996. The summed E-state index contributed by atoms with van der Waals surface area (Å²) in [4.78, 5) is 18.5. The maximum atomic E-state index is 13.4. The van der Waals surface area contributed by atoms with E-state index in [4.69, 9.17) is 0 Å². The predicted molar refractivity (Wildman–Crippen MR) is 91.5 cm³/mol. The minimum absolute atomic E-state index is 0.124. The Morgan fingerprint density at radius 1 is 0.962 bits per heavy atom. The quantitative estimate of drug-likeness (QED) is 0.664. The number of alkyl halides is 2. The second-order valence-electron chi connectivity index (χ2n) is 5.94. The number of benzene rings is 2. The molecule has 4 rings (SSSR count). The first kappa shape index (κ1) is 16.3. The molecule has 0 radical (unpaired) electrons. The maximum absolute atomic E-state index is 13.4. The molecule has 3 nitrogen and oxygen atoms in total. The normalized spacial score (nSPS) is 13.4. The highest BCUT2D eigenvalue weighted by atomic mass is 19.3. The van der Waals surface area contributed by atoms with E-state index in [2.05, 4.69) is 4.98 Å². The van der Waals surface area contributed by atoms with Crippen molar-refractivity contribution in [2.75, 3.05) is 4.90 Å². The predicted octanol–water partition coefficient (Wildman–Crippen LogP) is 4.99. The van der Waals surface area contributed by atoms with Crippen LogP contribution < -0.4 is 4.90 Å². The summed E-state index contributed by atoms with van der Waals surface area (Å²) >= 11 is 0. The monoisotopic (exact) mass is 354 g/mol. The van der Waals surface area contributed by atoms with E-state index in [0.717, 1.165) is 0 Å². The first-order valence-corrected chi connectivity index (χ1v) is 7.99. The van der Waals surface area contributed by atoms with Gasteiger partial charge < -0.3 is 4.90 Å². The molecule has 1 amide bonds. The van der Waals surface area contributed by atoms with Crippen LogP contribution in [-0.4, -0.2) is 10.9 Å². The maximum Gasteiger partial charge on any atom is 0.264 e. The van der Waals surface area contributed by atoms with Crippen LogP contribution in [0.25, 0.3) is 11.3 Å². The molecule has 130 valence electrons. The highest BCUT2D eigenvalue weighted by Crippen LogP contribution is 2.37. The van der Waals surface area contributed by atoms with E-state index in [0.29, 0.717) is 28.1 Å². The number of hydrogen-bond donors (Lipinski definition) is 0. The zero-order valence-corrected chi connectivity index (χ0v) is 13.5. The zero-order valence-electron chi connectivity index (χ0n) is 13.5. The van der Waals surface area contributed by atoms with Gasteiger partial charge in [0.2, 0.25) is 0 Å². The van der Waals surface area contributed by atoms with Gasteiger partial charge in [0.05, 0.1) is 12.2 Å². The molecule has 2 aromatic carbocycles. The second-order valence-corrected chi connectivity index (χ2v) is 5.94. The van der Waals surface area contributed by atoms with E-state index in [1.54, 1.807) is 24.3 Å². The third-order valence-electron chi connectivity index (χ3n) is 4.44. The number of pyridine rings is 1. The molecule has 3 aromatic rings. The van der Waals surface area contributed by atoms with Gasteiger partial charge in [-0.2, -0.15) is 0 Å². The lowest BCUT2D eigenvalue weighted by Crippen LogP contribution is -2.22. The van der Waals surface area contributed by atoms with Gasteiger partial charge >= 0.3 is 0 Å². The van der Waals surface area contributed by atoms with Crippen molar-refractivity contribution in [1.82, 2.24) is 4.98 Å². The van der Waals surface area contributed by atoms with Gasteiger partial charge in [-0.15, -0.1) is 0 Å². The van der Waals surface area contributed by atoms with E-state index in [1.165, 1.54) is 41.4 Å². The molecule has 1 aliphatic rings. The molecule has 2 heterocycles. The van der Waals surface area contributed by atoms with Crippen LogP contribution in [0.4, 0.5) is 18.9 Å². The van der Waals surface area contributed by atoms with Gasteiger partial charge in [0.15, 0.2) is 0 Å². The van der Waals surface area contributed by atoms with Crippen molar-refractivity contribution < 1.29 is 18.0 Å². The highest BCUT2D eigenvalue weighted by molar-refractivity contribution is 6.11. The Morgan fingerprint density at radius 3 is 2.42 bits per heavy atom. The minimum atomic E-state index is -2.64. The number of carbonyl (C=O) groups is 1. The summed E-state index contributed by atoms with van der Waals surface area (Å²) in [6, 6.07) is 13.3. The van der Waals surface area contributed by atoms with Crippen LogP contribution in [0.5, 0.6) is 0 Å². The van der Waals surface area contributed by atoms with Crippen LogP contribution in [0.2, 0.25) is 0 Å². The molecule has 0 aliphatic carbocycles. The lowest BCUT2D eigenvalue weighted by atomic mass is 9.98. The van der Waals surface area contributed by atoms with E-state index in [-0.39, 0.29) is 18.0 Å². The number of hydrogen-bond acceptors (Lipinski definition) is 2. The largest absolute Gasteiger partial charge is 0.304 e. The first-order valence-electron chi connectivity index (χ1n) is 7.99. The van der Waals surface area contributed by atoms with Crippen LogP contribution >= 0.6 is 0 Å². The Hall–Kier alpha value is -3.15. The molecule has 0 saturated carbocycles. The smallest absolute Gasteiger partial charge is 0.264 e. The molecule has 26 heavy (non-hydrogen) atoms. The Balaban J connectivity index is 1.81. The van der Waals surface area contributed by atoms with Crippen molar-refractivity contribution >= 4 is 11.6 Å². The molecular formula is C20H13F3N2O. The number of anilines is 1. The summed E-state index contributed by atoms with van der Waals surface area (Å²) < 4.78 is 39.9. The van der Waals surface area contributed by atoms with Crippen LogP contribution in [0.15, 0.2) is 60.8 Å². The first-order chi connectivity index (χ1) is 12.6. The van der Waals surface area contributed by atoms with Crippen molar-refractivity contribution in [1.29, 1.82) is 0 Å². The third kappa shape index (κ3) is 2.63. The summed E-state index contributed by atoms with van der Waals surface area (Å²) in [6.07, 6.45) is -1.20. The molecule has 1 aromatic heterocycles. The number of aromatic nitrogens is 1. The van der Waals surface area contributed by atoms with Crippen LogP contribution in [-0.2, 0) is 6.54 Å². The molecule has 0 fully saturated rings. The summed E-state index contributed by atoms with van der Waals surface area (Å²) in [6.45, 7) is 0.195. The van der Waals surface area contributed by atoms with Crippen molar-refractivity contribution in [3.63, 3.8) is 0 Å². The Kier molecular flexibility index (Phi) is 3.95. The average Bonchev–Trinajstić information content (AvgIpc) is 2.99. The second kappa shape index (κ2) is 6.29. The topological polar surface area (TPSA) is 33.2 Å². The Morgan fingerprint density at radius 2 is 1.69 bits per heavy atom. The van der Waals surface area contributed by atoms with E-state index >= 15 is 0 Å². The van der Waals surface area contributed by atoms with Crippen molar-refractivity contribution in [2.24, 2.45) is 0 Å². The Labute approximate surface area is 147 Å². The number of fused-ring (bicyclic) bond motifs is 1. The third-order valence-corrected chi connectivity index (χ3v) is 4.44. The summed E-state index contributed by atoms with van der Waals surface area (Å²) in [5.74, 6) is -0.657. The molecular weight excluding hydrogens is 341 g/mol. The van der Waals surface area contributed by atoms with Gasteiger partial charge in [-0.1, -0.05) is 24.3 Å². The number of halogens is 3. The lowest BCUT2D eigenvalue weighted by Gasteiger charge is -2.16. The molecule has 0 saturated heterocycles. The number of amides is 1. The van der Waals surface area contributed by atoms with Crippen molar-refractivity contribution in [3.8, 4) is 11.3 Å². The van der Waals surface area contributed by atoms with Crippen molar-refractivity contribution in [2.45, 2.75) is 13.0 Å². The van der Waals surface area contributed by atoms with E-state index in [1.807, 2.05) is 0 Å². The summed E-state index contributed by atoms with van der Waals surface area (Å²) in [5.41, 5.74) is 2.12. The average molecular weight is 354 g/mol.